The van der Waals surface area contributed by atoms with Crippen molar-refractivity contribution in [1.29, 1.82) is 0 Å². The Hall–Kier alpha value is -1.83. The van der Waals surface area contributed by atoms with Crippen molar-refractivity contribution in [2.75, 3.05) is 5.32 Å². The fourth-order valence-corrected chi connectivity index (χ4v) is 2.70. The highest BCUT2D eigenvalue weighted by atomic mass is 16.1. The van der Waals surface area contributed by atoms with E-state index in [4.69, 9.17) is 0 Å². The largest absolute Gasteiger partial charge is 0.326 e. The maximum atomic E-state index is 12.0. The molecule has 0 aromatic heterocycles. The number of rotatable bonds is 2. The molecule has 0 radical (unpaired) electrons. The second-order valence-electron chi connectivity index (χ2n) is 5.03. The highest BCUT2D eigenvalue weighted by Gasteiger charge is 2.22. The summed E-state index contributed by atoms with van der Waals surface area (Å²) in [6.07, 6.45) is 4.46. The van der Waals surface area contributed by atoms with Crippen LogP contribution in [0.1, 0.15) is 25.7 Å². The van der Waals surface area contributed by atoms with E-state index in [1.807, 2.05) is 24.3 Å². The molecule has 92 valence electrons. The molecule has 1 fully saturated rings. The van der Waals surface area contributed by atoms with Gasteiger partial charge in [0.15, 0.2) is 0 Å². The Kier molecular flexibility index (Phi) is 3.01. The van der Waals surface area contributed by atoms with Crippen molar-refractivity contribution in [1.82, 2.24) is 0 Å². The molecule has 0 spiro atoms. The van der Waals surface area contributed by atoms with E-state index in [0.717, 1.165) is 18.5 Å². The lowest BCUT2D eigenvalue weighted by molar-refractivity contribution is -0.119. The minimum absolute atomic E-state index is 0.183. The lowest BCUT2D eigenvalue weighted by Gasteiger charge is -2.10. The van der Waals surface area contributed by atoms with Gasteiger partial charge in [-0.1, -0.05) is 43.2 Å². The summed E-state index contributed by atoms with van der Waals surface area (Å²) < 4.78 is 0. The molecule has 1 aliphatic carbocycles. The zero-order valence-electron chi connectivity index (χ0n) is 10.4. The zero-order chi connectivity index (χ0) is 12.4. The second kappa shape index (κ2) is 4.81. The van der Waals surface area contributed by atoms with E-state index in [2.05, 4.69) is 23.5 Å². The fourth-order valence-electron chi connectivity index (χ4n) is 2.70. The smallest absolute Gasteiger partial charge is 0.227 e. The summed E-state index contributed by atoms with van der Waals surface area (Å²) in [5.74, 6) is 0.402. The molecule has 0 saturated heterocycles. The third-order valence-corrected chi connectivity index (χ3v) is 3.74. The molecule has 2 nitrogen and oxygen atoms in total. The van der Waals surface area contributed by atoms with Gasteiger partial charge in [0.2, 0.25) is 5.91 Å². The number of anilines is 1. The van der Waals surface area contributed by atoms with Gasteiger partial charge in [-0.2, -0.15) is 0 Å². The summed E-state index contributed by atoms with van der Waals surface area (Å²) >= 11 is 0. The van der Waals surface area contributed by atoms with Crippen molar-refractivity contribution in [3.63, 3.8) is 0 Å². The van der Waals surface area contributed by atoms with Crippen LogP contribution in [0.5, 0.6) is 0 Å². The van der Waals surface area contributed by atoms with Gasteiger partial charge in [0, 0.05) is 11.6 Å². The third kappa shape index (κ3) is 2.23. The lowest BCUT2D eigenvalue weighted by atomic mass is 10.1. The molecule has 18 heavy (non-hydrogen) atoms. The van der Waals surface area contributed by atoms with E-state index >= 15 is 0 Å². The van der Waals surface area contributed by atoms with Crippen LogP contribution in [0.25, 0.3) is 10.8 Å². The molecule has 1 N–H and O–H groups in total. The van der Waals surface area contributed by atoms with Crippen LogP contribution in [-0.4, -0.2) is 5.91 Å². The lowest BCUT2D eigenvalue weighted by Crippen LogP contribution is -2.20. The van der Waals surface area contributed by atoms with E-state index in [1.165, 1.54) is 23.6 Å². The number of benzene rings is 2. The third-order valence-electron chi connectivity index (χ3n) is 3.74. The van der Waals surface area contributed by atoms with Crippen molar-refractivity contribution in [2.45, 2.75) is 25.7 Å². The van der Waals surface area contributed by atoms with Crippen LogP contribution in [0.2, 0.25) is 0 Å². The molecule has 1 aliphatic rings. The molecule has 2 aromatic rings. The summed E-state index contributed by atoms with van der Waals surface area (Å²) in [6, 6.07) is 14.3. The predicted molar refractivity (Wildman–Crippen MR) is 74.5 cm³/mol. The monoisotopic (exact) mass is 239 g/mol. The number of hydrogen-bond donors (Lipinski definition) is 1. The van der Waals surface area contributed by atoms with E-state index in [9.17, 15) is 4.79 Å². The molecule has 2 heteroatoms. The Morgan fingerprint density at radius 1 is 1.00 bits per heavy atom. The molecule has 0 aliphatic heterocycles. The van der Waals surface area contributed by atoms with Gasteiger partial charge in [-0.25, -0.2) is 0 Å². The normalized spacial score (nSPS) is 16.0. The van der Waals surface area contributed by atoms with Crippen LogP contribution >= 0.6 is 0 Å². The van der Waals surface area contributed by atoms with E-state index in [1.54, 1.807) is 0 Å². The Bertz CT molecular complexity index is 570. The van der Waals surface area contributed by atoms with Gasteiger partial charge in [0.05, 0.1) is 0 Å². The molecule has 3 rings (SSSR count). The van der Waals surface area contributed by atoms with E-state index in [0.29, 0.717) is 0 Å². The summed E-state index contributed by atoms with van der Waals surface area (Å²) in [6.45, 7) is 0. The number of carbonyl (C=O) groups excluding carboxylic acids is 1. The number of hydrogen-bond acceptors (Lipinski definition) is 1. The van der Waals surface area contributed by atoms with Gasteiger partial charge in [-0.3, -0.25) is 4.79 Å². The summed E-state index contributed by atoms with van der Waals surface area (Å²) in [5, 5.41) is 5.41. The van der Waals surface area contributed by atoms with Gasteiger partial charge in [0.1, 0.15) is 0 Å². The standard InChI is InChI=1S/C16H17NO/c18-16(13-6-2-3-7-13)17-15-10-9-12-5-1-4-8-14(12)11-15/h1,4-5,8-11,13H,2-3,6-7H2,(H,17,18). The van der Waals surface area contributed by atoms with Gasteiger partial charge < -0.3 is 5.32 Å². The van der Waals surface area contributed by atoms with Crippen molar-refractivity contribution in [2.24, 2.45) is 5.92 Å². The second-order valence-corrected chi connectivity index (χ2v) is 5.03. The summed E-state index contributed by atoms with van der Waals surface area (Å²) in [7, 11) is 0. The van der Waals surface area contributed by atoms with Crippen molar-refractivity contribution < 1.29 is 4.79 Å². The molecule has 0 heterocycles. The first-order valence-electron chi connectivity index (χ1n) is 6.62. The van der Waals surface area contributed by atoms with Crippen LogP contribution in [-0.2, 0) is 4.79 Å². The highest BCUT2D eigenvalue weighted by molar-refractivity contribution is 5.95. The molecular weight excluding hydrogens is 222 g/mol. The highest BCUT2D eigenvalue weighted by Crippen LogP contribution is 2.26. The average Bonchev–Trinajstić information content (AvgIpc) is 2.92. The summed E-state index contributed by atoms with van der Waals surface area (Å²) in [4.78, 5) is 12.0. The van der Waals surface area contributed by atoms with Crippen LogP contribution in [0.4, 0.5) is 5.69 Å². The van der Waals surface area contributed by atoms with E-state index < -0.39 is 0 Å². The number of nitrogens with one attached hydrogen (secondary N) is 1. The summed E-state index contributed by atoms with van der Waals surface area (Å²) in [5.41, 5.74) is 0.908. The van der Waals surface area contributed by atoms with E-state index in [-0.39, 0.29) is 11.8 Å². The number of amides is 1. The topological polar surface area (TPSA) is 29.1 Å². The predicted octanol–water partition coefficient (Wildman–Crippen LogP) is 3.97. The first-order valence-corrected chi connectivity index (χ1v) is 6.62. The van der Waals surface area contributed by atoms with Crippen LogP contribution in [0.3, 0.4) is 0 Å². The number of fused-ring (bicyclic) bond motifs is 1. The minimum atomic E-state index is 0.183. The van der Waals surface area contributed by atoms with Crippen LogP contribution < -0.4 is 5.32 Å². The quantitative estimate of drug-likeness (QED) is 0.844. The molecule has 2 aromatic carbocycles. The molecular formula is C16H17NO. The maximum absolute atomic E-state index is 12.0. The molecule has 0 bridgehead atoms. The fraction of sp³-hybridized carbons (Fsp3) is 0.312. The molecule has 0 unspecified atom stereocenters. The Morgan fingerprint density at radius 3 is 2.50 bits per heavy atom. The minimum Gasteiger partial charge on any atom is -0.326 e. The van der Waals surface area contributed by atoms with Crippen LogP contribution in [0, 0.1) is 5.92 Å². The van der Waals surface area contributed by atoms with Crippen molar-refractivity contribution in [3.8, 4) is 0 Å². The maximum Gasteiger partial charge on any atom is 0.227 e. The van der Waals surface area contributed by atoms with Crippen molar-refractivity contribution >= 4 is 22.4 Å². The van der Waals surface area contributed by atoms with Gasteiger partial charge in [-0.15, -0.1) is 0 Å². The molecule has 0 atom stereocenters. The molecule has 1 amide bonds. The van der Waals surface area contributed by atoms with Gasteiger partial charge in [-0.05, 0) is 35.7 Å². The SMILES string of the molecule is O=C(Nc1ccc2ccccc2c1)C1CCCC1. The van der Waals surface area contributed by atoms with Crippen LogP contribution in [0.15, 0.2) is 42.5 Å². The first kappa shape index (κ1) is 11.3. The number of carbonyl (C=O) groups is 1. The zero-order valence-corrected chi connectivity index (χ0v) is 10.4. The van der Waals surface area contributed by atoms with Gasteiger partial charge >= 0.3 is 0 Å². The Labute approximate surface area is 107 Å². The van der Waals surface area contributed by atoms with Crippen molar-refractivity contribution in [3.05, 3.63) is 42.5 Å². The average molecular weight is 239 g/mol. The van der Waals surface area contributed by atoms with Gasteiger partial charge in [0.25, 0.3) is 0 Å². The Balaban J connectivity index is 1.79. The Morgan fingerprint density at radius 2 is 1.72 bits per heavy atom. The first-order chi connectivity index (χ1) is 8.83. The molecule has 1 saturated carbocycles.